The van der Waals surface area contributed by atoms with Crippen LogP contribution in [0.1, 0.15) is 32.4 Å². The van der Waals surface area contributed by atoms with Gasteiger partial charge in [-0.3, -0.25) is 4.79 Å². The molecule has 0 aliphatic carbocycles. The van der Waals surface area contributed by atoms with Crippen molar-refractivity contribution in [3.63, 3.8) is 0 Å². The Labute approximate surface area is 128 Å². The molecule has 1 aromatic heterocycles. The van der Waals surface area contributed by atoms with E-state index in [0.29, 0.717) is 24.3 Å². The molecular formula is C16H20FN3O2. The molecule has 0 spiro atoms. The van der Waals surface area contributed by atoms with Gasteiger partial charge in [-0.1, -0.05) is 13.3 Å². The number of aromatic nitrogens is 2. The highest BCUT2D eigenvalue weighted by atomic mass is 19.1. The molecule has 0 aliphatic heterocycles. The van der Waals surface area contributed by atoms with Gasteiger partial charge in [-0.05, 0) is 44.5 Å². The van der Waals surface area contributed by atoms with Crippen molar-refractivity contribution in [2.45, 2.75) is 39.2 Å². The Morgan fingerprint density at radius 1 is 1.41 bits per heavy atom. The third-order valence-electron chi connectivity index (χ3n) is 3.43. The monoisotopic (exact) mass is 305 g/mol. The number of anilines is 1. The van der Waals surface area contributed by atoms with Gasteiger partial charge in [0, 0.05) is 11.8 Å². The van der Waals surface area contributed by atoms with Gasteiger partial charge in [0.25, 0.3) is 5.91 Å². The molecule has 0 fully saturated rings. The molecule has 1 unspecified atom stereocenters. The Hall–Kier alpha value is -2.21. The van der Waals surface area contributed by atoms with Crippen molar-refractivity contribution in [2.24, 2.45) is 0 Å². The summed E-state index contributed by atoms with van der Waals surface area (Å²) in [6.07, 6.45) is 1.07. The summed E-state index contributed by atoms with van der Waals surface area (Å²) in [7, 11) is 0. The molecule has 1 amide bonds. The summed E-state index contributed by atoms with van der Waals surface area (Å²) in [6, 6.07) is 7.60. The topological polar surface area (TPSA) is 67.2 Å². The first kappa shape index (κ1) is 16.2. The predicted molar refractivity (Wildman–Crippen MR) is 82.4 cm³/mol. The van der Waals surface area contributed by atoms with E-state index in [0.717, 1.165) is 5.69 Å². The molecule has 1 heterocycles. The van der Waals surface area contributed by atoms with Crippen molar-refractivity contribution in [2.75, 3.05) is 5.32 Å². The molecule has 0 bridgehead atoms. The van der Waals surface area contributed by atoms with Crippen LogP contribution in [0.2, 0.25) is 0 Å². The largest absolute Gasteiger partial charge is 0.380 e. The second kappa shape index (κ2) is 6.27. The lowest BCUT2D eigenvalue weighted by Crippen LogP contribution is -2.39. The average Bonchev–Trinajstić information content (AvgIpc) is 2.80. The number of hydrogen-bond donors (Lipinski definition) is 2. The number of carbonyl (C=O) groups excluding carboxylic acids is 1. The van der Waals surface area contributed by atoms with E-state index >= 15 is 0 Å². The number of nitrogens with zero attached hydrogens (tertiary/aromatic N) is 2. The van der Waals surface area contributed by atoms with Gasteiger partial charge in [0.1, 0.15) is 11.4 Å². The van der Waals surface area contributed by atoms with Crippen LogP contribution < -0.4 is 5.32 Å². The van der Waals surface area contributed by atoms with E-state index < -0.39 is 11.5 Å². The zero-order valence-corrected chi connectivity index (χ0v) is 12.9. The highest BCUT2D eigenvalue weighted by Gasteiger charge is 2.29. The number of aliphatic hydroxyl groups is 1. The Balaban J connectivity index is 2.20. The van der Waals surface area contributed by atoms with Gasteiger partial charge in [-0.25, -0.2) is 9.07 Å². The van der Waals surface area contributed by atoms with Crippen molar-refractivity contribution in [3.05, 3.63) is 41.8 Å². The van der Waals surface area contributed by atoms with Gasteiger partial charge in [0.05, 0.1) is 5.69 Å². The van der Waals surface area contributed by atoms with Crippen LogP contribution in [-0.2, 0) is 4.79 Å². The molecular weight excluding hydrogens is 285 g/mol. The van der Waals surface area contributed by atoms with Crippen LogP contribution in [0.3, 0.4) is 0 Å². The second-order valence-electron chi connectivity index (χ2n) is 5.54. The number of benzene rings is 1. The molecule has 2 N–H and O–H groups in total. The Kier molecular flexibility index (Phi) is 4.61. The first-order valence-corrected chi connectivity index (χ1v) is 7.20. The minimum atomic E-state index is -1.43. The van der Waals surface area contributed by atoms with Gasteiger partial charge < -0.3 is 10.4 Å². The number of aryl methyl sites for hydroxylation is 1. The lowest BCUT2D eigenvalue weighted by Gasteiger charge is -2.20. The normalized spacial score (nSPS) is 13.7. The predicted octanol–water partition coefficient (Wildman–Crippen LogP) is 2.81. The minimum absolute atomic E-state index is 0.322. The first-order valence-electron chi connectivity index (χ1n) is 7.20. The number of halogens is 1. The maximum atomic E-state index is 13.0. The number of carbonyl (C=O) groups is 1. The molecule has 6 heteroatoms. The molecule has 22 heavy (non-hydrogen) atoms. The molecule has 0 saturated heterocycles. The molecule has 2 aromatic rings. The van der Waals surface area contributed by atoms with E-state index in [1.54, 1.807) is 22.9 Å². The minimum Gasteiger partial charge on any atom is -0.380 e. The first-order chi connectivity index (χ1) is 10.3. The molecule has 0 saturated carbocycles. The summed E-state index contributed by atoms with van der Waals surface area (Å²) in [4.78, 5) is 12.1. The van der Waals surface area contributed by atoms with E-state index in [9.17, 15) is 14.3 Å². The van der Waals surface area contributed by atoms with Gasteiger partial charge in [-0.15, -0.1) is 5.10 Å². The molecule has 1 aromatic carbocycles. The summed E-state index contributed by atoms with van der Waals surface area (Å²) in [6.45, 7) is 5.21. The van der Waals surface area contributed by atoms with Crippen molar-refractivity contribution in [1.29, 1.82) is 0 Å². The Morgan fingerprint density at radius 2 is 2.05 bits per heavy atom. The molecule has 0 aliphatic rings. The standard InChI is InChI=1S/C16H20FN3O2/c1-4-9-16(3,22)15(21)18-14-10-11(2)20(19-14)13-7-5-12(17)6-8-13/h5-8,10,22H,4,9H2,1-3H3,(H,18,19,21). The molecule has 1 atom stereocenters. The lowest BCUT2D eigenvalue weighted by molar-refractivity contribution is -0.133. The highest BCUT2D eigenvalue weighted by Crippen LogP contribution is 2.18. The number of hydrogen-bond acceptors (Lipinski definition) is 3. The summed E-state index contributed by atoms with van der Waals surface area (Å²) in [5, 5.41) is 17.0. The van der Waals surface area contributed by atoms with Gasteiger partial charge in [0.15, 0.2) is 5.82 Å². The number of rotatable bonds is 5. The molecule has 2 rings (SSSR count). The maximum Gasteiger partial charge on any atom is 0.257 e. The van der Waals surface area contributed by atoms with Crippen LogP contribution in [0.25, 0.3) is 5.69 Å². The van der Waals surface area contributed by atoms with Crippen molar-refractivity contribution in [3.8, 4) is 5.69 Å². The fourth-order valence-corrected chi connectivity index (χ4v) is 2.23. The fourth-order valence-electron chi connectivity index (χ4n) is 2.23. The van der Waals surface area contributed by atoms with Gasteiger partial charge >= 0.3 is 0 Å². The smallest absolute Gasteiger partial charge is 0.257 e. The zero-order valence-electron chi connectivity index (χ0n) is 12.9. The molecule has 118 valence electrons. The van der Waals surface area contributed by atoms with Crippen LogP contribution in [0.5, 0.6) is 0 Å². The highest BCUT2D eigenvalue weighted by molar-refractivity contribution is 5.96. The third kappa shape index (κ3) is 3.51. The van der Waals surface area contributed by atoms with Crippen molar-refractivity contribution >= 4 is 11.7 Å². The van der Waals surface area contributed by atoms with E-state index in [1.807, 2.05) is 13.8 Å². The van der Waals surface area contributed by atoms with Crippen LogP contribution in [0.4, 0.5) is 10.2 Å². The summed E-state index contributed by atoms with van der Waals surface area (Å²) in [5.41, 5.74) is 0.0548. The Bertz CT molecular complexity index is 663. The summed E-state index contributed by atoms with van der Waals surface area (Å²) < 4.78 is 14.6. The zero-order chi connectivity index (χ0) is 16.3. The van der Waals surface area contributed by atoms with Crippen LogP contribution >= 0.6 is 0 Å². The van der Waals surface area contributed by atoms with Gasteiger partial charge in [0.2, 0.25) is 0 Å². The van der Waals surface area contributed by atoms with E-state index in [2.05, 4.69) is 10.4 Å². The van der Waals surface area contributed by atoms with Gasteiger partial charge in [-0.2, -0.15) is 0 Å². The molecule has 0 radical (unpaired) electrons. The van der Waals surface area contributed by atoms with Crippen molar-refractivity contribution < 1.29 is 14.3 Å². The van der Waals surface area contributed by atoms with E-state index in [4.69, 9.17) is 0 Å². The quantitative estimate of drug-likeness (QED) is 0.892. The van der Waals surface area contributed by atoms with Crippen LogP contribution in [0.15, 0.2) is 30.3 Å². The van der Waals surface area contributed by atoms with Crippen LogP contribution in [0, 0.1) is 12.7 Å². The number of amides is 1. The van der Waals surface area contributed by atoms with E-state index in [1.165, 1.54) is 19.1 Å². The number of nitrogens with one attached hydrogen (secondary N) is 1. The lowest BCUT2D eigenvalue weighted by atomic mass is 10.00. The maximum absolute atomic E-state index is 13.0. The second-order valence-corrected chi connectivity index (χ2v) is 5.54. The SMILES string of the molecule is CCCC(C)(O)C(=O)Nc1cc(C)n(-c2ccc(F)cc2)n1. The third-order valence-corrected chi connectivity index (χ3v) is 3.43. The summed E-state index contributed by atoms with van der Waals surface area (Å²) >= 11 is 0. The van der Waals surface area contributed by atoms with Crippen molar-refractivity contribution in [1.82, 2.24) is 9.78 Å². The molecule has 5 nitrogen and oxygen atoms in total. The Morgan fingerprint density at radius 3 is 2.64 bits per heavy atom. The van der Waals surface area contributed by atoms with Crippen LogP contribution in [-0.4, -0.2) is 26.4 Å². The fraction of sp³-hybridized carbons (Fsp3) is 0.375. The average molecular weight is 305 g/mol. The summed E-state index contributed by atoms with van der Waals surface area (Å²) in [5.74, 6) is -0.459. The van der Waals surface area contributed by atoms with E-state index in [-0.39, 0.29) is 5.82 Å².